The summed E-state index contributed by atoms with van der Waals surface area (Å²) in [6, 6.07) is 3.92. The van der Waals surface area contributed by atoms with Gasteiger partial charge in [0.15, 0.2) is 11.5 Å². The second-order valence-corrected chi connectivity index (χ2v) is 7.66. The Morgan fingerprint density at radius 3 is 1.64 bits per heavy atom. The van der Waals surface area contributed by atoms with Crippen molar-refractivity contribution in [2.24, 2.45) is 11.8 Å². The minimum absolute atomic E-state index is 0.268. The standard InChI is InChI=1S/C23H30O5/c1-9-16-19(27-22(24)12(2)3)17-10-14(6)15(7)11-18(17)21(20(16)26-8)28-23(25)13(4)5/h10-13H,9H2,1-8H3. The van der Waals surface area contributed by atoms with Crippen molar-refractivity contribution < 1.29 is 23.8 Å². The minimum atomic E-state index is -0.341. The largest absolute Gasteiger partial charge is 0.492 e. The molecule has 2 aromatic carbocycles. The number of methoxy groups -OCH3 is 1. The van der Waals surface area contributed by atoms with Crippen molar-refractivity contribution in [1.82, 2.24) is 0 Å². The van der Waals surface area contributed by atoms with E-state index in [1.807, 2.05) is 32.9 Å². The van der Waals surface area contributed by atoms with Crippen molar-refractivity contribution in [2.45, 2.75) is 54.9 Å². The van der Waals surface area contributed by atoms with Gasteiger partial charge in [-0.05, 0) is 43.5 Å². The number of rotatable bonds is 6. The Labute approximate surface area is 167 Å². The first-order valence-corrected chi connectivity index (χ1v) is 9.69. The van der Waals surface area contributed by atoms with Gasteiger partial charge in [-0.25, -0.2) is 0 Å². The smallest absolute Gasteiger partial charge is 0.313 e. The molecule has 0 atom stereocenters. The summed E-state index contributed by atoms with van der Waals surface area (Å²) in [6.07, 6.45) is 0.555. The Bertz CT molecular complexity index is 835. The van der Waals surface area contributed by atoms with Crippen LogP contribution in [0.4, 0.5) is 0 Å². The Hall–Kier alpha value is -2.56. The summed E-state index contributed by atoms with van der Waals surface area (Å²) in [5.41, 5.74) is 2.81. The van der Waals surface area contributed by atoms with Crippen molar-refractivity contribution in [3.63, 3.8) is 0 Å². The summed E-state index contributed by atoms with van der Waals surface area (Å²) in [5.74, 6) is 0.0698. The van der Waals surface area contributed by atoms with E-state index in [1.54, 1.807) is 27.7 Å². The zero-order valence-electron chi connectivity index (χ0n) is 18.1. The highest BCUT2D eigenvalue weighted by Gasteiger charge is 2.26. The topological polar surface area (TPSA) is 61.8 Å². The van der Waals surface area contributed by atoms with Crippen LogP contribution in [0.5, 0.6) is 17.2 Å². The number of hydrogen-bond acceptors (Lipinski definition) is 5. The number of carbonyl (C=O) groups excluding carboxylic acids is 2. The van der Waals surface area contributed by atoms with E-state index in [9.17, 15) is 9.59 Å². The van der Waals surface area contributed by atoms with Crippen LogP contribution in [0.25, 0.3) is 10.8 Å². The van der Waals surface area contributed by atoms with Crippen molar-refractivity contribution in [3.8, 4) is 17.2 Å². The lowest BCUT2D eigenvalue weighted by atomic mass is 9.96. The Morgan fingerprint density at radius 1 is 0.821 bits per heavy atom. The monoisotopic (exact) mass is 386 g/mol. The van der Waals surface area contributed by atoms with Gasteiger partial charge in [0.1, 0.15) is 5.75 Å². The van der Waals surface area contributed by atoms with Crippen molar-refractivity contribution in [2.75, 3.05) is 7.11 Å². The maximum Gasteiger partial charge on any atom is 0.313 e. The van der Waals surface area contributed by atoms with E-state index in [0.29, 0.717) is 34.6 Å². The lowest BCUT2D eigenvalue weighted by Crippen LogP contribution is -2.18. The van der Waals surface area contributed by atoms with Gasteiger partial charge in [-0.15, -0.1) is 0 Å². The SMILES string of the molecule is CCc1c(OC)c(OC(=O)C(C)C)c2cc(C)c(C)cc2c1OC(=O)C(C)C. The van der Waals surface area contributed by atoms with E-state index >= 15 is 0 Å². The van der Waals surface area contributed by atoms with Gasteiger partial charge in [0, 0.05) is 16.3 Å². The average Bonchev–Trinajstić information content (AvgIpc) is 2.63. The molecular formula is C23H30O5. The quantitative estimate of drug-likeness (QED) is 0.507. The van der Waals surface area contributed by atoms with Gasteiger partial charge < -0.3 is 14.2 Å². The van der Waals surface area contributed by atoms with Crippen molar-refractivity contribution >= 4 is 22.7 Å². The number of aryl methyl sites for hydroxylation is 2. The molecule has 28 heavy (non-hydrogen) atoms. The van der Waals surface area contributed by atoms with Gasteiger partial charge in [-0.2, -0.15) is 0 Å². The number of benzene rings is 2. The van der Waals surface area contributed by atoms with E-state index < -0.39 is 0 Å². The summed E-state index contributed by atoms with van der Waals surface area (Å²) < 4.78 is 17.2. The Kier molecular flexibility index (Phi) is 6.70. The molecule has 0 aliphatic heterocycles. The molecule has 0 unspecified atom stereocenters. The molecule has 0 radical (unpaired) electrons. The van der Waals surface area contributed by atoms with Gasteiger partial charge in [-0.3, -0.25) is 9.59 Å². The van der Waals surface area contributed by atoms with Gasteiger partial charge in [0.25, 0.3) is 0 Å². The second-order valence-electron chi connectivity index (χ2n) is 7.66. The third-order valence-corrected chi connectivity index (χ3v) is 4.78. The fourth-order valence-electron chi connectivity index (χ4n) is 2.91. The lowest BCUT2D eigenvalue weighted by Gasteiger charge is -2.21. The van der Waals surface area contributed by atoms with Crippen molar-refractivity contribution in [1.29, 1.82) is 0 Å². The summed E-state index contributed by atoms with van der Waals surface area (Å²) in [4.78, 5) is 24.7. The third kappa shape index (κ3) is 4.13. The Balaban J connectivity index is 2.90. The first kappa shape index (κ1) is 21.7. The van der Waals surface area contributed by atoms with E-state index in [0.717, 1.165) is 16.5 Å². The molecule has 0 N–H and O–H groups in total. The average molecular weight is 386 g/mol. The molecule has 0 bridgehead atoms. The van der Waals surface area contributed by atoms with Crippen LogP contribution in [-0.4, -0.2) is 19.0 Å². The molecule has 0 fully saturated rings. The maximum absolute atomic E-state index is 12.4. The highest BCUT2D eigenvalue weighted by molar-refractivity contribution is 6.01. The van der Waals surface area contributed by atoms with Crippen LogP contribution in [0.3, 0.4) is 0 Å². The zero-order valence-corrected chi connectivity index (χ0v) is 18.1. The number of ether oxygens (including phenoxy) is 3. The summed E-state index contributed by atoms with van der Waals surface area (Å²) in [7, 11) is 1.53. The summed E-state index contributed by atoms with van der Waals surface area (Å²) >= 11 is 0. The van der Waals surface area contributed by atoms with E-state index in [4.69, 9.17) is 14.2 Å². The number of carbonyl (C=O) groups is 2. The van der Waals surface area contributed by atoms with Crippen LogP contribution in [0.15, 0.2) is 12.1 Å². The fourth-order valence-corrected chi connectivity index (χ4v) is 2.91. The predicted octanol–water partition coefficient (Wildman–Crippen LogP) is 5.15. The van der Waals surface area contributed by atoms with Gasteiger partial charge in [0.2, 0.25) is 0 Å². The van der Waals surface area contributed by atoms with E-state index in [-0.39, 0.29) is 23.8 Å². The van der Waals surface area contributed by atoms with E-state index in [2.05, 4.69) is 0 Å². The molecule has 0 heterocycles. The summed E-state index contributed by atoms with van der Waals surface area (Å²) in [5, 5.41) is 1.43. The molecule has 5 heteroatoms. The van der Waals surface area contributed by atoms with Crippen LogP contribution < -0.4 is 14.2 Å². The molecule has 0 aliphatic rings. The number of hydrogen-bond donors (Lipinski definition) is 0. The predicted molar refractivity (Wildman–Crippen MR) is 110 cm³/mol. The van der Waals surface area contributed by atoms with Crippen LogP contribution in [0.1, 0.15) is 51.3 Å². The third-order valence-electron chi connectivity index (χ3n) is 4.78. The maximum atomic E-state index is 12.4. The number of fused-ring (bicyclic) bond motifs is 1. The van der Waals surface area contributed by atoms with Crippen LogP contribution in [-0.2, 0) is 16.0 Å². The minimum Gasteiger partial charge on any atom is -0.492 e. The zero-order chi connectivity index (χ0) is 21.2. The molecular weight excluding hydrogens is 356 g/mol. The normalized spacial score (nSPS) is 11.2. The van der Waals surface area contributed by atoms with Gasteiger partial charge in [-0.1, -0.05) is 34.6 Å². The fraction of sp³-hybridized carbons (Fsp3) is 0.478. The molecule has 0 saturated heterocycles. The summed E-state index contributed by atoms with van der Waals surface area (Å²) in [6.45, 7) is 13.1. The molecule has 152 valence electrons. The first-order chi connectivity index (χ1) is 13.1. The molecule has 0 amide bonds. The van der Waals surface area contributed by atoms with E-state index in [1.165, 1.54) is 7.11 Å². The second kappa shape index (κ2) is 8.63. The molecule has 0 saturated carbocycles. The van der Waals surface area contributed by atoms with Crippen LogP contribution >= 0.6 is 0 Å². The van der Waals surface area contributed by atoms with Crippen molar-refractivity contribution in [3.05, 3.63) is 28.8 Å². The molecule has 0 aromatic heterocycles. The molecule has 2 rings (SSSR count). The molecule has 5 nitrogen and oxygen atoms in total. The van der Waals surface area contributed by atoms with Gasteiger partial charge in [0.05, 0.1) is 18.9 Å². The molecule has 0 spiro atoms. The first-order valence-electron chi connectivity index (χ1n) is 9.69. The van der Waals surface area contributed by atoms with Crippen LogP contribution in [0, 0.1) is 25.7 Å². The highest BCUT2D eigenvalue weighted by Crippen LogP contribution is 2.47. The van der Waals surface area contributed by atoms with Crippen LogP contribution in [0.2, 0.25) is 0 Å². The molecule has 0 aliphatic carbocycles. The number of esters is 2. The lowest BCUT2D eigenvalue weighted by molar-refractivity contribution is -0.138. The molecule has 2 aromatic rings. The van der Waals surface area contributed by atoms with Gasteiger partial charge >= 0.3 is 11.9 Å². The Morgan fingerprint density at radius 2 is 1.25 bits per heavy atom. The highest BCUT2D eigenvalue weighted by atomic mass is 16.6.